The molecule has 2 aromatic carbocycles. The van der Waals surface area contributed by atoms with Crippen LogP contribution in [-0.4, -0.2) is 38.5 Å². The Hall–Kier alpha value is -3.70. The number of carbonyl (C=O) groups is 2. The number of aromatic nitrogens is 3. The smallest absolute Gasteiger partial charge is 0.269 e. The van der Waals surface area contributed by atoms with Gasteiger partial charge in [0.25, 0.3) is 11.8 Å². The van der Waals surface area contributed by atoms with E-state index in [1.165, 1.54) is 4.68 Å². The van der Waals surface area contributed by atoms with Gasteiger partial charge in [0.2, 0.25) is 0 Å². The molecule has 1 heterocycles. The van der Waals surface area contributed by atoms with Gasteiger partial charge in [-0.05, 0) is 30.3 Å². The Morgan fingerprint density at radius 3 is 2.81 bits per heavy atom. The summed E-state index contributed by atoms with van der Waals surface area (Å²) in [6.45, 7) is -0.341. The quantitative estimate of drug-likeness (QED) is 0.463. The van der Waals surface area contributed by atoms with Gasteiger partial charge >= 0.3 is 0 Å². The van der Waals surface area contributed by atoms with Crippen LogP contribution < -0.4 is 10.9 Å². The van der Waals surface area contributed by atoms with Crippen molar-refractivity contribution < 1.29 is 14.7 Å². The molecule has 130 valence electrons. The number of fused-ring (bicyclic) bond motifs is 1. The largest absolute Gasteiger partial charge is 0.384 e. The molecule has 0 radical (unpaired) electrons. The predicted octanol–water partition coefficient (Wildman–Crippen LogP) is 0.236. The normalized spacial score (nSPS) is 10.0. The summed E-state index contributed by atoms with van der Waals surface area (Å²) < 4.78 is 1.45. The molecule has 3 N–H and O–H groups in total. The SMILES string of the molecule is O=C(Cn1nnc2ccccc21)NNC(=O)c1cccc(C#CCO)c1. The van der Waals surface area contributed by atoms with Crippen LogP contribution in [0.5, 0.6) is 0 Å². The first-order valence-electron chi connectivity index (χ1n) is 7.74. The van der Waals surface area contributed by atoms with Crippen LogP contribution in [0.3, 0.4) is 0 Å². The number of para-hydroxylation sites is 1. The second-order valence-electron chi connectivity index (χ2n) is 5.28. The van der Waals surface area contributed by atoms with Gasteiger partial charge in [-0.1, -0.05) is 35.3 Å². The van der Waals surface area contributed by atoms with Crippen LogP contribution in [0.2, 0.25) is 0 Å². The molecule has 0 fully saturated rings. The molecule has 26 heavy (non-hydrogen) atoms. The van der Waals surface area contributed by atoms with Crippen molar-refractivity contribution in [2.45, 2.75) is 6.54 Å². The summed E-state index contributed by atoms with van der Waals surface area (Å²) in [4.78, 5) is 24.2. The average molecular weight is 349 g/mol. The Labute approximate surface area is 148 Å². The zero-order valence-corrected chi connectivity index (χ0v) is 13.6. The zero-order valence-electron chi connectivity index (χ0n) is 13.6. The molecule has 0 bridgehead atoms. The topological polar surface area (TPSA) is 109 Å². The Bertz CT molecular complexity index is 1020. The van der Waals surface area contributed by atoms with Gasteiger partial charge in [-0.2, -0.15) is 0 Å². The Morgan fingerprint density at radius 1 is 1.12 bits per heavy atom. The van der Waals surface area contributed by atoms with Crippen LogP contribution in [-0.2, 0) is 11.3 Å². The third-order valence-corrected chi connectivity index (χ3v) is 3.47. The molecule has 0 spiro atoms. The van der Waals surface area contributed by atoms with Gasteiger partial charge in [0.15, 0.2) is 0 Å². The van der Waals surface area contributed by atoms with Gasteiger partial charge in [-0.3, -0.25) is 20.4 Å². The van der Waals surface area contributed by atoms with Crippen LogP contribution in [0.1, 0.15) is 15.9 Å². The molecule has 0 unspecified atom stereocenters. The summed E-state index contributed by atoms with van der Waals surface area (Å²) in [5, 5.41) is 16.6. The van der Waals surface area contributed by atoms with E-state index in [1.54, 1.807) is 36.4 Å². The van der Waals surface area contributed by atoms with Crippen molar-refractivity contribution in [1.82, 2.24) is 25.8 Å². The van der Waals surface area contributed by atoms with E-state index in [1.807, 2.05) is 12.1 Å². The number of rotatable bonds is 3. The fourth-order valence-corrected chi connectivity index (χ4v) is 2.29. The molecular formula is C18H15N5O3. The molecule has 3 aromatic rings. The molecule has 8 nitrogen and oxygen atoms in total. The minimum absolute atomic E-state index is 0.0805. The highest BCUT2D eigenvalue weighted by Crippen LogP contribution is 2.09. The number of carbonyl (C=O) groups excluding carboxylic acids is 2. The van der Waals surface area contributed by atoms with E-state index < -0.39 is 11.8 Å². The molecule has 0 aliphatic heterocycles. The number of amides is 2. The van der Waals surface area contributed by atoms with Gasteiger partial charge in [-0.15, -0.1) is 5.10 Å². The number of nitrogens with zero attached hydrogens (tertiary/aromatic N) is 3. The predicted molar refractivity (Wildman–Crippen MR) is 93.5 cm³/mol. The standard InChI is InChI=1S/C18H15N5O3/c24-10-4-6-13-5-3-7-14(11-13)18(26)21-20-17(25)12-23-16-9-2-1-8-15(16)19-22-23/h1-3,5,7-9,11,24H,10,12H2,(H,20,25)(H,21,26). The summed E-state index contributed by atoms with van der Waals surface area (Å²) in [6.07, 6.45) is 0. The van der Waals surface area contributed by atoms with Crippen molar-refractivity contribution in [3.63, 3.8) is 0 Å². The maximum absolute atomic E-state index is 12.1. The summed E-state index contributed by atoms with van der Waals surface area (Å²) in [5.41, 5.74) is 7.02. The van der Waals surface area contributed by atoms with Gasteiger partial charge in [0.1, 0.15) is 18.7 Å². The minimum Gasteiger partial charge on any atom is -0.384 e. The molecular weight excluding hydrogens is 334 g/mol. The van der Waals surface area contributed by atoms with E-state index >= 15 is 0 Å². The third kappa shape index (κ3) is 4.03. The van der Waals surface area contributed by atoms with Crippen molar-refractivity contribution in [2.24, 2.45) is 0 Å². The number of hydrogen-bond donors (Lipinski definition) is 3. The fourth-order valence-electron chi connectivity index (χ4n) is 2.29. The molecule has 0 aliphatic carbocycles. The zero-order chi connectivity index (χ0) is 18.4. The molecule has 2 amide bonds. The van der Waals surface area contributed by atoms with Crippen molar-refractivity contribution in [1.29, 1.82) is 0 Å². The first kappa shape index (κ1) is 17.1. The van der Waals surface area contributed by atoms with Crippen molar-refractivity contribution >= 4 is 22.8 Å². The van der Waals surface area contributed by atoms with Gasteiger partial charge in [0.05, 0.1) is 5.52 Å². The second kappa shape index (κ2) is 7.92. The summed E-state index contributed by atoms with van der Waals surface area (Å²) in [6, 6.07) is 13.8. The van der Waals surface area contributed by atoms with E-state index in [9.17, 15) is 9.59 Å². The van der Waals surface area contributed by atoms with Gasteiger partial charge in [-0.25, -0.2) is 4.68 Å². The minimum atomic E-state index is -0.477. The number of aliphatic hydroxyl groups excluding tert-OH is 1. The highest BCUT2D eigenvalue weighted by atomic mass is 16.2. The maximum Gasteiger partial charge on any atom is 0.269 e. The van der Waals surface area contributed by atoms with Crippen LogP contribution in [0.15, 0.2) is 48.5 Å². The van der Waals surface area contributed by atoms with Gasteiger partial charge < -0.3 is 5.11 Å². The lowest BCUT2D eigenvalue weighted by atomic mass is 10.1. The molecule has 1 aromatic heterocycles. The summed E-state index contributed by atoms with van der Waals surface area (Å²) in [7, 11) is 0. The highest BCUT2D eigenvalue weighted by Gasteiger charge is 2.10. The third-order valence-electron chi connectivity index (χ3n) is 3.47. The number of aliphatic hydroxyl groups is 1. The number of hydrazine groups is 1. The van der Waals surface area contributed by atoms with E-state index in [4.69, 9.17) is 5.11 Å². The lowest BCUT2D eigenvalue weighted by molar-refractivity contribution is -0.122. The number of benzene rings is 2. The first-order valence-corrected chi connectivity index (χ1v) is 7.74. The van der Waals surface area contributed by atoms with Crippen molar-refractivity contribution in [3.05, 3.63) is 59.7 Å². The Balaban J connectivity index is 1.60. The van der Waals surface area contributed by atoms with Crippen LogP contribution in [0, 0.1) is 11.8 Å². The number of hydrogen-bond acceptors (Lipinski definition) is 5. The second-order valence-corrected chi connectivity index (χ2v) is 5.28. The molecule has 3 rings (SSSR count). The van der Waals surface area contributed by atoms with E-state index in [0.717, 1.165) is 5.52 Å². The molecule has 0 atom stereocenters. The van der Waals surface area contributed by atoms with E-state index in [2.05, 4.69) is 33.0 Å². The molecule has 0 saturated heterocycles. The highest BCUT2D eigenvalue weighted by molar-refractivity contribution is 5.95. The molecule has 0 aliphatic rings. The first-order chi connectivity index (χ1) is 12.7. The lowest BCUT2D eigenvalue weighted by Crippen LogP contribution is -2.43. The molecule has 8 heteroatoms. The monoisotopic (exact) mass is 349 g/mol. The van der Waals surface area contributed by atoms with E-state index in [0.29, 0.717) is 16.6 Å². The fraction of sp³-hybridized carbons (Fsp3) is 0.111. The van der Waals surface area contributed by atoms with Crippen molar-refractivity contribution in [3.8, 4) is 11.8 Å². The Morgan fingerprint density at radius 2 is 1.96 bits per heavy atom. The van der Waals surface area contributed by atoms with Gasteiger partial charge in [0, 0.05) is 11.1 Å². The summed E-state index contributed by atoms with van der Waals surface area (Å²) in [5.74, 6) is 4.31. The average Bonchev–Trinajstić information content (AvgIpc) is 3.07. The Kier molecular flexibility index (Phi) is 5.22. The van der Waals surface area contributed by atoms with E-state index in [-0.39, 0.29) is 13.2 Å². The van der Waals surface area contributed by atoms with Crippen LogP contribution in [0.4, 0.5) is 0 Å². The van der Waals surface area contributed by atoms with Crippen LogP contribution >= 0.6 is 0 Å². The van der Waals surface area contributed by atoms with Crippen molar-refractivity contribution in [2.75, 3.05) is 6.61 Å². The maximum atomic E-state index is 12.1. The molecule has 0 saturated carbocycles. The lowest BCUT2D eigenvalue weighted by Gasteiger charge is -2.08. The number of nitrogens with one attached hydrogen (secondary N) is 2. The summed E-state index contributed by atoms with van der Waals surface area (Å²) >= 11 is 0. The van der Waals surface area contributed by atoms with Crippen LogP contribution in [0.25, 0.3) is 11.0 Å².